The zero-order valence-electron chi connectivity index (χ0n) is 21.6. The van der Waals surface area contributed by atoms with Crippen LogP contribution in [0.5, 0.6) is 0 Å². The highest BCUT2D eigenvalue weighted by Gasteiger charge is 2.22. The fourth-order valence-corrected chi connectivity index (χ4v) is 4.90. The van der Waals surface area contributed by atoms with Crippen LogP contribution in [0.4, 0.5) is 8.78 Å². The predicted octanol–water partition coefficient (Wildman–Crippen LogP) is 6.19. The van der Waals surface area contributed by atoms with Crippen LogP contribution >= 0.6 is 0 Å². The normalized spacial score (nSPS) is 11.5. The molecular weight excluding hydrogens is 522 g/mol. The van der Waals surface area contributed by atoms with Gasteiger partial charge in [-0.05, 0) is 35.4 Å². The molecule has 0 aliphatic rings. The number of hydrogen-bond acceptors (Lipinski definition) is 6. The van der Waals surface area contributed by atoms with E-state index >= 15 is 4.39 Å². The van der Waals surface area contributed by atoms with E-state index in [1.807, 2.05) is 24.3 Å². The topological polar surface area (TPSA) is 108 Å². The summed E-state index contributed by atoms with van der Waals surface area (Å²) in [6.07, 6.45) is 6.41. The maximum absolute atomic E-state index is 16.1. The van der Waals surface area contributed by atoms with Gasteiger partial charge in [0.05, 0.1) is 10.9 Å². The van der Waals surface area contributed by atoms with Crippen LogP contribution in [0.1, 0.15) is 11.1 Å². The molecule has 200 valence electrons. The summed E-state index contributed by atoms with van der Waals surface area (Å²) in [6.45, 7) is 1.28. The number of rotatable bonds is 7. The van der Waals surface area contributed by atoms with Crippen LogP contribution in [0.3, 0.4) is 0 Å². The summed E-state index contributed by atoms with van der Waals surface area (Å²) in [5, 5.41) is 10.7. The zero-order valence-corrected chi connectivity index (χ0v) is 21.6. The van der Waals surface area contributed by atoms with Crippen molar-refractivity contribution in [2.75, 3.05) is 0 Å². The fraction of sp³-hybridized carbons (Fsp3) is 0.0645. The molecule has 0 aliphatic carbocycles. The van der Waals surface area contributed by atoms with Crippen LogP contribution in [0, 0.1) is 11.6 Å². The van der Waals surface area contributed by atoms with Gasteiger partial charge in [-0.15, -0.1) is 0 Å². The molecule has 0 amide bonds. The molecule has 0 atom stereocenters. The minimum Gasteiger partial charge on any atom is -0.336 e. The van der Waals surface area contributed by atoms with Gasteiger partial charge in [-0.3, -0.25) is 15.1 Å². The highest BCUT2D eigenvalue weighted by molar-refractivity contribution is 5.96. The number of aromatic nitrogens is 7. The van der Waals surface area contributed by atoms with Gasteiger partial charge in [0.15, 0.2) is 11.5 Å². The summed E-state index contributed by atoms with van der Waals surface area (Å²) >= 11 is 0. The van der Waals surface area contributed by atoms with Gasteiger partial charge < -0.3 is 10.3 Å². The Hall–Kier alpha value is -5.35. The van der Waals surface area contributed by atoms with Crippen molar-refractivity contribution in [3.05, 3.63) is 114 Å². The summed E-state index contributed by atoms with van der Waals surface area (Å²) in [4.78, 5) is 21.0. The number of H-pyrrole nitrogens is 2. The van der Waals surface area contributed by atoms with Crippen LogP contribution in [-0.4, -0.2) is 35.1 Å². The molecule has 8 nitrogen and oxygen atoms in total. The van der Waals surface area contributed by atoms with Crippen LogP contribution in [0.15, 0.2) is 91.5 Å². The second-order valence-corrected chi connectivity index (χ2v) is 9.57. The molecule has 0 bridgehead atoms. The van der Waals surface area contributed by atoms with Gasteiger partial charge in [0.1, 0.15) is 28.5 Å². The molecule has 5 heterocycles. The summed E-state index contributed by atoms with van der Waals surface area (Å²) in [5.74, 6) is -0.595. The Labute approximate surface area is 232 Å². The number of fused-ring (bicyclic) bond motifs is 2. The minimum atomic E-state index is -0.497. The van der Waals surface area contributed by atoms with Crippen LogP contribution < -0.4 is 5.32 Å². The predicted molar refractivity (Wildman–Crippen MR) is 152 cm³/mol. The molecule has 0 saturated carbocycles. The molecule has 10 heteroatoms. The maximum atomic E-state index is 16.1. The van der Waals surface area contributed by atoms with Crippen molar-refractivity contribution in [2.24, 2.45) is 0 Å². The van der Waals surface area contributed by atoms with Gasteiger partial charge in [-0.25, -0.2) is 18.7 Å². The van der Waals surface area contributed by atoms with E-state index in [4.69, 9.17) is 0 Å². The number of hydrogen-bond donors (Lipinski definition) is 3. The lowest BCUT2D eigenvalue weighted by Gasteiger charge is -2.08. The summed E-state index contributed by atoms with van der Waals surface area (Å²) < 4.78 is 30.7. The number of imidazole rings is 1. The Kier molecular flexibility index (Phi) is 6.21. The Morgan fingerprint density at radius 3 is 2.49 bits per heavy atom. The van der Waals surface area contributed by atoms with Crippen molar-refractivity contribution >= 4 is 22.1 Å². The number of benzene rings is 2. The lowest BCUT2D eigenvalue weighted by Crippen LogP contribution is -2.12. The average Bonchev–Trinajstić information content (AvgIpc) is 3.63. The zero-order chi connectivity index (χ0) is 27.8. The minimum absolute atomic E-state index is 0.189. The molecule has 0 spiro atoms. The quantitative estimate of drug-likeness (QED) is 0.221. The summed E-state index contributed by atoms with van der Waals surface area (Å²) in [6, 6.07) is 20.1. The Morgan fingerprint density at radius 2 is 1.61 bits per heavy atom. The summed E-state index contributed by atoms with van der Waals surface area (Å²) in [7, 11) is 0. The van der Waals surface area contributed by atoms with Crippen LogP contribution in [0.2, 0.25) is 0 Å². The van der Waals surface area contributed by atoms with E-state index in [-0.39, 0.29) is 16.7 Å². The Bertz CT molecular complexity index is 2020. The molecular formula is C31H22F2N8. The highest BCUT2D eigenvalue weighted by Crippen LogP contribution is 2.34. The molecule has 7 aromatic rings. The first kappa shape index (κ1) is 24.7. The molecule has 0 saturated heterocycles. The lowest BCUT2D eigenvalue weighted by molar-refractivity contribution is 0.631. The molecule has 3 N–H and O–H groups in total. The summed E-state index contributed by atoms with van der Waals surface area (Å²) in [5.41, 5.74) is 5.29. The maximum Gasteiger partial charge on any atom is 0.159 e. The Morgan fingerprint density at radius 1 is 0.780 bits per heavy atom. The van der Waals surface area contributed by atoms with Crippen LogP contribution in [0.25, 0.3) is 56.0 Å². The van der Waals surface area contributed by atoms with Crippen molar-refractivity contribution in [2.45, 2.75) is 13.1 Å². The third-order valence-electron chi connectivity index (χ3n) is 6.89. The van der Waals surface area contributed by atoms with Crippen molar-refractivity contribution in [1.29, 1.82) is 0 Å². The first-order valence-electron chi connectivity index (χ1n) is 13.0. The largest absolute Gasteiger partial charge is 0.336 e. The van der Waals surface area contributed by atoms with E-state index in [2.05, 4.69) is 52.6 Å². The number of halogens is 2. The monoisotopic (exact) mass is 544 g/mol. The van der Waals surface area contributed by atoms with E-state index in [0.29, 0.717) is 52.3 Å². The van der Waals surface area contributed by atoms with Gasteiger partial charge in [-0.1, -0.05) is 42.5 Å². The second kappa shape index (κ2) is 10.3. The molecule has 0 aliphatic heterocycles. The van der Waals surface area contributed by atoms with Crippen molar-refractivity contribution in [3.63, 3.8) is 0 Å². The van der Waals surface area contributed by atoms with E-state index in [1.54, 1.807) is 42.9 Å². The molecule has 7 rings (SSSR count). The van der Waals surface area contributed by atoms with Gasteiger partial charge in [-0.2, -0.15) is 5.10 Å². The number of aromatic amines is 2. The van der Waals surface area contributed by atoms with E-state index < -0.39 is 11.6 Å². The smallest absolute Gasteiger partial charge is 0.159 e. The molecule has 5 aromatic heterocycles. The van der Waals surface area contributed by atoms with Gasteiger partial charge in [0.2, 0.25) is 0 Å². The number of pyridine rings is 3. The third-order valence-corrected chi connectivity index (χ3v) is 6.89. The van der Waals surface area contributed by atoms with Gasteiger partial charge in [0.25, 0.3) is 0 Å². The molecule has 2 aromatic carbocycles. The first-order valence-corrected chi connectivity index (χ1v) is 13.0. The molecule has 0 fully saturated rings. The van der Waals surface area contributed by atoms with Gasteiger partial charge in [0, 0.05) is 54.6 Å². The molecule has 0 unspecified atom stereocenters. The lowest BCUT2D eigenvalue weighted by atomic mass is 10.1. The van der Waals surface area contributed by atoms with E-state index in [1.165, 1.54) is 17.8 Å². The second-order valence-electron chi connectivity index (χ2n) is 9.57. The van der Waals surface area contributed by atoms with Crippen molar-refractivity contribution in [1.82, 2.24) is 40.4 Å². The standard InChI is InChI=1S/C31H22F2N8/c32-23-9-5-4-8-21(23)27-28-24(10-11-36-27)38-31(39-28)29-25-26(33)22(17-37-30(25)41-40-29)20-12-19(15-35-16-20)14-34-13-18-6-2-1-3-7-18/h1-12,15-17,34H,13-14H2,(H,38,39)(H,37,40,41). The third kappa shape index (κ3) is 4.60. The Balaban J connectivity index is 1.24. The number of nitrogens with zero attached hydrogens (tertiary/aromatic N) is 5. The molecule has 0 radical (unpaired) electrons. The van der Waals surface area contributed by atoms with Crippen molar-refractivity contribution in [3.8, 4) is 33.9 Å². The number of nitrogens with one attached hydrogen (secondary N) is 3. The SMILES string of the molecule is Fc1ccccc1-c1nccc2[nH]c(-c3n[nH]c4ncc(-c5cncc(CNCc6ccccc6)c5)c(F)c34)nc12. The average molecular weight is 545 g/mol. The van der Waals surface area contributed by atoms with E-state index in [0.717, 1.165) is 5.56 Å². The fourth-order valence-electron chi connectivity index (χ4n) is 4.90. The first-order chi connectivity index (χ1) is 20.2. The molecule has 41 heavy (non-hydrogen) atoms. The van der Waals surface area contributed by atoms with Crippen molar-refractivity contribution < 1.29 is 8.78 Å². The van der Waals surface area contributed by atoms with Crippen LogP contribution in [-0.2, 0) is 13.1 Å². The van der Waals surface area contributed by atoms with E-state index in [9.17, 15) is 4.39 Å². The van der Waals surface area contributed by atoms with Gasteiger partial charge >= 0.3 is 0 Å². The highest BCUT2D eigenvalue weighted by atomic mass is 19.1.